The van der Waals surface area contributed by atoms with Gasteiger partial charge in [0.25, 0.3) is 5.91 Å². The Kier molecular flexibility index (Phi) is 5.17. The fourth-order valence-electron chi connectivity index (χ4n) is 2.53. The standard InChI is InChI=1S/C19H17N5OS2/c1-2-17-22-23-19(27-17)21-18(25)13-6-8-15(9-7-13)26-12-14-11-24-10-4-3-5-16(24)20-14/h3-11H,2,12H2,1H3,(H,21,23,25). The maximum atomic E-state index is 12.3. The number of fused-ring (bicyclic) bond motifs is 1. The fourth-order valence-corrected chi connectivity index (χ4v) is 3.99. The van der Waals surface area contributed by atoms with Crippen molar-refractivity contribution < 1.29 is 4.79 Å². The van der Waals surface area contributed by atoms with Gasteiger partial charge >= 0.3 is 0 Å². The molecule has 1 N–H and O–H groups in total. The van der Waals surface area contributed by atoms with Gasteiger partial charge in [-0.15, -0.1) is 22.0 Å². The number of hydrogen-bond donors (Lipinski definition) is 1. The average Bonchev–Trinajstić information content (AvgIpc) is 3.32. The number of amides is 1. The summed E-state index contributed by atoms with van der Waals surface area (Å²) in [6.45, 7) is 2.01. The molecule has 0 atom stereocenters. The van der Waals surface area contributed by atoms with Crippen LogP contribution in [0.15, 0.2) is 59.8 Å². The molecule has 0 aliphatic carbocycles. The Bertz CT molecular complexity index is 1040. The lowest BCUT2D eigenvalue weighted by molar-refractivity contribution is 0.102. The molecule has 0 fully saturated rings. The molecule has 0 bridgehead atoms. The first-order valence-electron chi connectivity index (χ1n) is 8.50. The summed E-state index contributed by atoms with van der Waals surface area (Å²) in [6.07, 6.45) is 4.84. The van der Waals surface area contributed by atoms with E-state index in [0.29, 0.717) is 10.7 Å². The van der Waals surface area contributed by atoms with Crippen molar-refractivity contribution in [3.8, 4) is 0 Å². The predicted molar refractivity (Wildman–Crippen MR) is 108 cm³/mol. The van der Waals surface area contributed by atoms with Gasteiger partial charge in [-0.3, -0.25) is 10.1 Å². The molecule has 136 valence electrons. The Labute approximate surface area is 164 Å². The number of thioether (sulfide) groups is 1. The SMILES string of the molecule is CCc1nnc(NC(=O)c2ccc(SCc3cn4ccccc4n3)cc2)s1. The van der Waals surface area contributed by atoms with Crippen molar-refractivity contribution in [2.75, 3.05) is 5.32 Å². The zero-order chi connectivity index (χ0) is 18.6. The van der Waals surface area contributed by atoms with Gasteiger partial charge in [0.1, 0.15) is 10.7 Å². The number of rotatable bonds is 6. The normalized spacial score (nSPS) is 11.0. The molecule has 0 saturated heterocycles. The largest absolute Gasteiger partial charge is 0.307 e. The summed E-state index contributed by atoms with van der Waals surface area (Å²) < 4.78 is 2.01. The van der Waals surface area contributed by atoms with Crippen LogP contribution in [0, 0.1) is 0 Å². The number of nitrogens with zero attached hydrogens (tertiary/aromatic N) is 4. The Morgan fingerprint density at radius 2 is 2.04 bits per heavy atom. The quantitative estimate of drug-likeness (QED) is 0.493. The molecule has 4 aromatic rings. The van der Waals surface area contributed by atoms with Gasteiger partial charge in [-0.1, -0.05) is 24.3 Å². The highest BCUT2D eigenvalue weighted by Crippen LogP contribution is 2.23. The molecule has 1 aromatic carbocycles. The van der Waals surface area contributed by atoms with Crippen LogP contribution in [-0.4, -0.2) is 25.5 Å². The highest BCUT2D eigenvalue weighted by Gasteiger charge is 2.10. The topological polar surface area (TPSA) is 72.2 Å². The molecule has 0 unspecified atom stereocenters. The smallest absolute Gasteiger partial charge is 0.257 e. The van der Waals surface area contributed by atoms with Crippen LogP contribution >= 0.6 is 23.1 Å². The molecule has 0 spiro atoms. The molecule has 0 aliphatic rings. The summed E-state index contributed by atoms with van der Waals surface area (Å²) in [5.74, 6) is 0.600. The van der Waals surface area contributed by atoms with Crippen molar-refractivity contribution >= 4 is 39.8 Å². The molecule has 4 rings (SSSR count). The van der Waals surface area contributed by atoms with E-state index >= 15 is 0 Å². The van der Waals surface area contributed by atoms with Crippen LogP contribution in [0.1, 0.15) is 28.0 Å². The lowest BCUT2D eigenvalue weighted by Crippen LogP contribution is -2.11. The van der Waals surface area contributed by atoms with Crippen molar-refractivity contribution in [1.82, 2.24) is 19.6 Å². The summed E-state index contributed by atoms with van der Waals surface area (Å²) >= 11 is 3.09. The van der Waals surface area contributed by atoms with Crippen molar-refractivity contribution in [2.24, 2.45) is 0 Å². The number of aryl methyl sites for hydroxylation is 1. The lowest BCUT2D eigenvalue weighted by Gasteiger charge is -2.03. The first-order chi connectivity index (χ1) is 13.2. The second kappa shape index (κ2) is 7.89. The molecular weight excluding hydrogens is 378 g/mol. The number of carbonyl (C=O) groups is 1. The highest BCUT2D eigenvalue weighted by atomic mass is 32.2. The van der Waals surface area contributed by atoms with E-state index in [-0.39, 0.29) is 5.91 Å². The van der Waals surface area contributed by atoms with E-state index in [0.717, 1.165) is 33.4 Å². The minimum Gasteiger partial charge on any atom is -0.307 e. The monoisotopic (exact) mass is 395 g/mol. The van der Waals surface area contributed by atoms with E-state index in [1.165, 1.54) is 11.3 Å². The zero-order valence-electron chi connectivity index (χ0n) is 14.6. The van der Waals surface area contributed by atoms with E-state index in [9.17, 15) is 4.79 Å². The number of anilines is 1. The third-order valence-corrected chi connectivity index (χ3v) is 5.94. The van der Waals surface area contributed by atoms with Crippen LogP contribution in [0.3, 0.4) is 0 Å². The number of pyridine rings is 1. The molecule has 6 nitrogen and oxygen atoms in total. The van der Waals surface area contributed by atoms with E-state index in [1.807, 2.05) is 66.2 Å². The minimum atomic E-state index is -0.175. The summed E-state index contributed by atoms with van der Waals surface area (Å²) in [7, 11) is 0. The number of hydrogen-bond acceptors (Lipinski definition) is 6. The first-order valence-corrected chi connectivity index (χ1v) is 10.3. The van der Waals surface area contributed by atoms with Crippen molar-refractivity contribution in [1.29, 1.82) is 0 Å². The van der Waals surface area contributed by atoms with E-state index in [4.69, 9.17) is 0 Å². The van der Waals surface area contributed by atoms with Crippen molar-refractivity contribution in [3.05, 3.63) is 71.1 Å². The third kappa shape index (κ3) is 4.17. The Morgan fingerprint density at radius 3 is 2.78 bits per heavy atom. The first kappa shape index (κ1) is 17.7. The number of imidazole rings is 1. The maximum Gasteiger partial charge on any atom is 0.257 e. The van der Waals surface area contributed by atoms with Gasteiger partial charge in [0, 0.05) is 28.6 Å². The molecule has 1 amide bonds. The number of aromatic nitrogens is 4. The highest BCUT2D eigenvalue weighted by molar-refractivity contribution is 7.98. The van der Waals surface area contributed by atoms with Gasteiger partial charge in [0.15, 0.2) is 0 Å². The summed E-state index contributed by atoms with van der Waals surface area (Å²) in [6, 6.07) is 13.5. The van der Waals surface area contributed by atoms with Crippen LogP contribution in [0.25, 0.3) is 5.65 Å². The predicted octanol–water partition coefficient (Wildman–Crippen LogP) is 4.29. The van der Waals surface area contributed by atoms with Crippen LogP contribution in [0.5, 0.6) is 0 Å². The van der Waals surface area contributed by atoms with Crippen LogP contribution in [-0.2, 0) is 12.2 Å². The second-order valence-corrected chi connectivity index (χ2v) is 7.93. The van der Waals surface area contributed by atoms with Gasteiger partial charge < -0.3 is 4.40 Å². The van der Waals surface area contributed by atoms with Gasteiger partial charge in [-0.05, 0) is 42.8 Å². The fraction of sp³-hybridized carbons (Fsp3) is 0.158. The molecule has 0 radical (unpaired) electrons. The summed E-state index contributed by atoms with van der Waals surface area (Å²) in [4.78, 5) is 18.0. The van der Waals surface area contributed by atoms with Gasteiger partial charge in [-0.25, -0.2) is 4.98 Å². The average molecular weight is 396 g/mol. The van der Waals surface area contributed by atoms with E-state index in [1.54, 1.807) is 11.8 Å². The molecule has 27 heavy (non-hydrogen) atoms. The van der Waals surface area contributed by atoms with E-state index < -0.39 is 0 Å². The van der Waals surface area contributed by atoms with Crippen LogP contribution < -0.4 is 5.32 Å². The Balaban J connectivity index is 1.37. The zero-order valence-corrected chi connectivity index (χ0v) is 16.3. The van der Waals surface area contributed by atoms with Crippen LogP contribution in [0.2, 0.25) is 0 Å². The Hall–Kier alpha value is -2.71. The van der Waals surface area contributed by atoms with Gasteiger partial charge in [0.05, 0.1) is 5.69 Å². The van der Waals surface area contributed by atoms with Crippen molar-refractivity contribution in [2.45, 2.75) is 24.0 Å². The van der Waals surface area contributed by atoms with E-state index in [2.05, 4.69) is 20.5 Å². The molecule has 3 aromatic heterocycles. The molecule has 0 saturated carbocycles. The molecule has 3 heterocycles. The van der Waals surface area contributed by atoms with Gasteiger partial charge in [-0.2, -0.15) is 0 Å². The summed E-state index contributed by atoms with van der Waals surface area (Å²) in [5, 5.41) is 12.2. The molecular formula is C19H17N5OS2. The van der Waals surface area contributed by atoms with Gasteiger partial charge in [0.2, 0.25) is 5.13 Å². The number of nitrogens with one attached hydrogen (secondary N) is 1. The second-order valence-electron chi connectivity index (χ2n) is 5.82. The third-order valence-electron chi connectivity index (χ3n) is 3.91. The lowest BCUT2D eigenvalue weighted by atomic mass is 10.2. The molecule has 8 heteroatoms. The summed E-state index contributed by atoms with van der Waals surface area (Å²) in [5.41, 5.74) is 2.57. The van der Waals surface area contributed by atoms with Crippen LogP contribution in [0.4, 0.5) is 5.13 Å². The maximum absolute atomic E-state index is 12.3. The number of carbonyl (C=O) groups excluding carboxylic acids is 1. The molecule has 0 aliphatic heterocycles. The number of benzene rings is 1. The minimum absolute atomic E-state index is 0.175. The van der Waals surface area contributed by atoms with Crippen molar-refractivity contribution in [3.63, 3.8) is 0 Å². The Morgan fingerprint density at radius 1 is 1.19 bits per heavy atom.